The van der Waals surface area contributed by atoms with Gasteiger partial charge in [-0.15, -0.1) is 0 Å². The molecule has 158 valence electrons. The normalized spacial score (nSPS) is 12.1. The van der Waals surface area contributed by atoms with Gasteiger partial charge in [-0.3, -0.25) is 4.79 Å². The predicted molar refractivity (Wildman–Crippen MR) is 116 cm³/mol. The second-order valence-corrected chi connectivity index (χ2v) is 10.2. The molecule has 0 aromatic heterocycles. The largest absolute Gasteiger partial charge is 0.494 e. The molecule has 2 aromatic carbocycles. The van der Waals surface area contributed by atoms with Gasteiger partial charge in [0.15, 0.2) is 0 Å². The molecule has 0 aliphatic carbocycles. The number of hydrogen-bond donors (Lipinski definition) is 1. The van der Waals surface area contributed by atoms with Gasteiger partial charge in [0.05, 0.1) is 11.5 Å². The molecule has 0 atom stereocenters. The first-order chi connectivity index (χ1) is 13.5. The fraction of sp³-hybridized carbons (Fsp3) is 0.409. The lowest BCUT2D eigenvalue weighted by atomic mass is 9.87. The maximum atomic E-state index is 12.2. The van der Waals surface area contributed by atoms with Crippen LogP contribution < -0.4 is 10.1 Å². The van der Waals surface area contributed by atoms with Gasteiger partial charge in [-0.25, -0.2) is 12.7 Å². The Kier molecular flexibility index (Phi) is 7.43. The Hall–Kier alpha value is -2.38. The Bertz CT molecular complexity index is 930. The molecule has 29 heavy (non-hydrogen) atoms. The molecule has 0 aliphatic heterocycles. The Labute approximate surface area is 173 Å². The minimum atomic E-state index is -3.54. The Balaban J connectivity index is 1.82. The van der Waals surface area contributed by atoms with Crippen LogP contribution in [0.2, 0.25) is 0 Å². The van der Waals surface area contributed by atoms with E-state index >= 15 is 0 Å². The van der Waals surface area contributed by atoms with Crippen LogP contribution in [-0.2, 0) is 20.2 Å². The number of hydrogen-bond acceptors (Lipinski definition) is 4. The van der Waals surface area contributed by atoms with Crippen LogP contribution in [0.4, 0.5) is 5.69 Å². The van der Waals surface area contributed by atoms with Crippen LogP contribution in [0.3, 0.4) is 0 Å². The molecule has 1 N–H and O–H groups in total. The van der Waals surface area contributed by atoms with Crippen LogP contribution in [0.1, 0.15) is 39.2 Å². The highest BCUT2D eigenvalue weighted by Crippen LogP contribution is 2.24. The minimum Gasteiger partial charge on any atom is -0.494 e. The molecular formula is C22H30N2O4S. The molecule has 6 nitrogen and oxygen atoms in total. The Morgan fingerprint density at radius 1 is 1.07 bits per heavy atom. The van der Waals surface area contributed by atoms with Crippen molar-refractivity contribution in [2.75, 3.05) is 26.0 Å². The van der Waals surface area contributed by atoms with Crippen LogP contribution in [-0.4, -0.2) is 39.3 Å². The molecule has 0 radical (unpaired) electrons. The van der Waals surface area contributed by atoms with Crippen molar-refractivity contribution in [3.8, 4) is 5.75 Å². The number of nitrogens with zero attached hydrogens (tertiary/aromatic N) is 1. The number of rotatable bonds is 8. The number of nitrogens with one attached hydrogen (secondary N) is 1. The summed E-state index contributed by atoms with van der Waals surface area (Å²) < 4.78 is 31.2. The highest BCUT2D eigenvalue weighted by atomic mass is 32.2. The van der Waals surface area contributed by atoms with Gasteiger partial charge < -0.3 is 10.1 Å². The highest BCUT2D eigenvalue weighted by molar-refractivity contribution is 7.89. The molecule has 0 saturated heterocycles. The van der Waals surface area contributed by atoms with E-state index in [0.717, 1.165) is 10.1 Å². The summed E-state index contributed by atoms with van der Waals surface area (Å²) in [7, 11) is -0.598. The molecule has 0 aliphatic rings. The van der Waals surface area contributed by atoms with Crippen molar-refractivity contribution in [2.24, 2.45) is 0 Å². The van der Waals surface area contributed by atoms with Crippen molar-refractivity contribution in [3.63, 3.8) is 0 Å². The maximum Gasteiger partial charge on any atom is 0.242 e. The van der Waals surface area contributed by atoms with Crippen LogP contribution >= 0.6 is 0 Å². The van der Waals surface area contributed by atoms with Crippen molar-refractivity contribution in [3.05, 3.63) is 54.1 Å². The van der Waals surface area contributed by atoms with E-state index in [1.807, 2.05) is 12.1 Å². The van der Waals surface area contributed by atoms with Crippen LogP contribution in [0.5, 0.6) is 5.75 Å². The van der Waals surface area contributed by atoms with Crippen molar-refractivity contribution in [2.45, 2.75) is 43.9 Å². The summed E-state index contributed by atoms with van der Waals surface area (Å²) in [5, 5.41) is 2.74. The molecule has 0 saturated carbocycles. The van der Waals surface area contributed by atoms with Crippen molar-refractivity contribution < 1.29 is 17.9 Å². The van der Waals surface area contributed by atoms with Crippen molar-refractivity contribution in [1.29, 1.82) is 0 Å². The number of amides is 1. The number of carbonyl (C=O) groups excluding carboxylic acids is 1. The zero-order valence-corrected chi connectivity index (χ0v) is 18.5. The molecule has 0 unspecified atom stereocenters. The maximum absolute atomic E-state index is 12.2. The van der Waals surface area contributed by atoms with E-state index in [1.54, 1.807) is 12.1 Å². The molecule has 0 spiro atoms. The molecular weight excluding hydrogens is 388 g/mol. The zero-order valence-electron chi connectivity index (χ0n) is 17.7. The number of carbonyl (C=O) groups is 1. The van der Waals surface area contributed by atoms with Crippen LogP contribution in [0.15, 0.2) is 53.4 Å². The first-order valence-electron chi connectivity index (χ1n) is 9.56. The van der Waals surface area contributed by atoms with E-state index in [0.29, 0.717) is 18.7 Å². The Morgan fingerprint density at radius 3 is 2.31 bits per heavy atom. The van der Waals surface area contributed by atoms with E-state index in [2.05, 4.69) is 38.2 Å². The molecule has 2 rings (SSSR count). The smallest absolute Gasteiger partial charge is 0.242 e. The summed E-state index contributed by atoms with van der Waals surface area (Å²) >= 11 is 0. The summed E-state index contributed by atoms with van der Waals surface area (Å²) in [6.45, 7) is 6.91. The van der Waals surface area contributed by atoms with Gasteiger partial charge in [0.1, 0.15) is 5.75 Å². The second kappa shape index (κ2) is 9.41. The van der Waals surface area contributed by atoms with E-state index in [-0.39, 0.29) is 22.6 Å². The van der Waals surface area contributed by atoms with E-state index in [9.17, 15) is 13.2 Å². The van der Waals surface area contributed by atoms with Gasteiger partial charge >= 0.3 is 0 Å². The van der Waals surface area contributed by atoms with Crippen molar-refractivity contribution >= 4 is 21.6 Å². The topological polar surface area (TPSA) is 75.7 Å². The summed E-state index contributed by atoms with van der Waals surface area (Å²) in [5.41, 5.74) is 1.79. The summed E-state index contributed by atoms with van der Waals surface area (Å²) in [6, 6.07) is 14.2. The molecule has 7 heteroatoms. The standard InChI is InChI=1S/C22H30N2O4S/c1-22(2,3)17-11-13-19(14-12-17)28-15-7-10-21(25)23-18-8-6-9-20(16-18)29(26,27)24(4)5/h6,8-9,11-14,16H,7,10,15H2,1-5H3,(H,23,25). The van der Waals surface area contributed by atoms with Gasteiger partial charge in [0.25, 0.3) is 0 Å². The molecule has 2 aromatic rings. The van der Waals surface area contributed by atoms with E-state index in [4.69, 9.17) is 4.74 Å². The first kappa shape index (κ1) is 22.9. The fourth-order valence-electron chi connectivity index (χ4n) is 2.64. The first-order valence-corrected chi connectivity index (χ1v) is 11.0. The summed E-state index contributed by atoms with van der Waals surface area (Å²) in [4.78, 5) is 12.3. The third-order valence-corrected chi connectivity index (χ3v) is 6.24. The third-order valence-electron chi connectivity index (χ3n) is 4.43. The van der Waals surface area contributed by atoms with Crippen molar-refractivity contribution in [1.82, 2.24) is 4.31 Å². The van der Waals surface area contributed by atoms with Crippen LogP contribution in [0.25, 0.3) is 0 Å². The molecule has 1 amide bonds. The average Bonchev–Trinajstić information content (AvgIpc) is 2.65. The quantitative estimate of drug-likeness (QED) is 0.657. The summed E-state index contributed by atoms with van der Waals surface area (Å²) in [5.74, 6) is 0.594. The van der Waals surface area contributed by atoms with Gasteiger partial charge in [0, 0.05) is 26.2 Å². The second-order valence-electron chi connectivity index (χ2n) is 8.09. The van der Waals surface area contributed by atoms with E-state index in [1.165, 1.54) is 31.8 Å². The monoisotopic (exact) mass is 418 g/mol. The SMILES string of the molecule is CN(C)S(=O)(=O)c1cccc(NC(=O)CCCOc2ccc(C(C)(C)C)cc2)c1. The van der Waals surface area contributed by atoms with Crippen LogP contribution in [0, 0.1) is 0 Å². The minimum absolute atomic E-state index is 0.0970. The van der Waals surface area contributed by atoms with Gasteiger partial charge in [-0.1, -0.05) is 39.0 Å². The molecule has 0 heterocycles. The number of anilines is 1. The number of ether oxygens (including phenoxy) is 1. The Morgan fingerprint density at radius 2 is 1.72 bits per heavy atom. The van der Waals surface area contributed by atoms with E-state index < -0.39 is 10.0 Å². The lowest BCUT2D eigenvalue weighted by Gasteiger charge is -2.19. The zero-order chi connectivity index (χ0) is 21.7. The summed E-state index contributed by atoms with van der Waals surface area (Å²) in [6.07, 6.45) is 0.841. The molecule has 0 bridgehead atoms. The fourth-order valence-corrected chi connectivity index (χ4v) is 3.59. The molecule has 0 fully saturated rings. The number of sulfonamides is 1. The predicted octanol–water partition coefficient (Wildman–Crippen LogP) is 4.03. The average molecular weight is 419 g/mol. The lowest BCUT2D eigenvalue weighted by molar-refractivity contribution is -0.116. The lowest BCUT2D eigenvalue weighted by Crippen LogP contribution is -2.22. The third kappa shape index (κ3) is 6.58. The van der Waals surface area contributed by atoms with Gasteiger partial charge in [-0.05, 0) is 47.7 Å². The highest BCUT2D eigenvalue weighted by Gasteiger charge is 2.17. The van der Waals surface area contributed by atoms with Gasteiger partial charge in [-0.2, -0.15) is 0 Å². The number of benzene rings is 2. The van der Waals surface area contributed by atoms with Gasteiger partial charge in [0.2, 0.25) is 15.9 Å².